The van der Waals surface area contributed by atoms with Gasteiger partial charge in [0.1, 0.15) is 6.33 Å². The van der Waals surface area contributed by atoms with Crippen LogP contribution in [0.1, 0.15) is 5.56 Å². The molecule has 6 nitrogen and oxygen atoms in total. The summed E-state index contributed by atoms with van der Waals surface area (Å²) in [7, 11) is 0. The zero-order valence-corrected chi connectivity index (χ0v) is 6.54. The molecule has 13 heavy (non-hydrogen) atoms. The van der Waals surface area contributed by atoms with Gasteiger partial charge in [0.15, 0.2) is 0 Å². The third-order valence-electron chi connectivity index (χ3n) is 1.41. The van der Waals surface area contributed by atoms with Gasteiger partial charge in [-0.1, -0.05) is 0 Å². The maximum Gasteiger partial charge on any atom is 0.363 e. The summed E-state index contributed by atoms with van der Waals surface area (Å²) in [5.74, 6) is 0. The summed E-state index contributed by atoms with van der Waals surface area (Å²) in [6, 6.07) is 1.73. The smallest absolute Gasteiger partial charge is 0.363 e. The molecule has 2 aromatic rings. The summed E-state index contributed by atoms with van der Waals surface area (Å²) in [4.78, 5) is 10.9. The van der Waals surface area contributed by atoms with Crippen LogP contribution in [0.2, 0.25) is 0 Å². The summed E-state index contributed by atoms with van der Waals surface area (Å²) >= 11 is 0. The second-order valence-electron chi connectivity index (χ2n) is 2.31. The number of nitrogens with one attached hydrogen (secondary N) is 1. The molecule has 0 aliphatic heterocycles. The van der Waals surface area contributed by atoms with E-state index in [0.29, 0.717) is 0 Å². The van der Waals surface area contributed by atoms with Crippen molar-refractivity contribution in [1.29, 1.82) is 0 Å². The van der Waals surface area contributed by atoms with Gasteiger partial charge in [-0.2, -0.15) is 14.9 Å². The lowest BCUT2D eigenvalue weighted by molar-refractivity contribution is 0.567. The van der Waals surface area contributed by atoms with E-state index < -0.39 is 0 Å². The fourth-order valence-corrected chi connectivity index (χ4v) is 0.802. The number of rotatable bonds is 2. The molecule has 0 spiro atoms. The lowest BCUT2D eigenvalue weighted by Gasteiger charge is -1.84. The van der Waals surface area contributed by atoms with Gasteiger partial charge in [0.2, 0.25) is 0 Å². The van der Waals surface area contributed by atoms with Gasteiger partial charge in [0.25, 0.3) is 0 Å². The standard InChI is InChI=1S/C7H6N4O2/c12-7-10-8-5-11(7)9-3-6-1-2-13-4-6/h1-5H,(H,10,12)/b9-3+. The first-order chi connectivity index (χ1) is 6.36. The summed E-state index contributed by atoms with van der Waals surface area (Å²) in [5.41, 5.74) is 0.410. The van der Waals surface area contributed by atoms with Crippen LogP contribution in [0.5, 0.6) is 0 Å². The average Bonchev–Trinajstić information content (AvgIpc) is 2.72. The van der Waals surface area contributed by atoms with E-state index in [1.807, 2.05) is 0 Å². The van der Waals surface area contributed by atoms with E-state index in [0.717, 1.165) is 10.2 Å². The van der Waals surface area contributed by atoms with Crippen molar-refractivity contribution < 1.29 is 4.42 Å². The van der Waals surface area contributed by atoms with E-state index in [1.165, 1.54) is 25.1 Å². The lowest BCUT2D eigenvalue weighted by Crippen LogP contribution is -2.11. The Labute approximate surface area is 72.5 Å². The summed E-state index contributed by atoms with van der Waals surface area (Å²) in [6.45, 7) is 0. The Balaban J connectivity index is 2.24. The largest absolute Gasteiger partial charge is 0.472 e. The monoisotopic (exact) mass is 178 g/mol. The van der Waals surface area contributed by atoms with Crippen molar-refractivity contribution >= 4 is 6.21 Å². The molecular weight excluding hydrogens is 172 g/mol. The van der Waals surface area contributed by atoms with Gasteiger partial charge in [-0.15, -0.1) is 0 Å². The highest BCUT2D eigenvalue weighted by molar-refractivity contribution is 5.78. The molecule has 0 aliphatic carbocycles. The van der Waals surface area contributed by atoms with Crippen molar-refractivity contribution in [1.82, 2.24) is 14.9 Å². The molecular formula is C7H6N4O2. The van der Waals surface area contributed by atoms with Crippen molar-refractivity contribution in [3.63, 3.8) is 0 Å². The molecule has 2 heterocycles. The molecule has 66 valence electrons. The highest BCUT2D eigenvalue weighted by Gasteiger charge is 1.92. The van der Waals surface area contributed by atoms with E-state index in [9.17, 15) is 4.79 Å². The number of H-pyrrole nitrogens is 1. The van der Waals surface area contributed by atoms with Gasteiger partial charge in [0, 0.05) is 5.56 Å². The predicted octanol–water partition coefficient (Wildman–Crippen LogP) is 0.0466. The van der Waals surface area contributed by atoms with Crippen molar-refractivity contribution in [3.05, 3.63) is 41.0 Å². The second-order valence-corrected chi connectivity index (χ2v) is 2.31. The Morgan fingerprint density at radius 3 is 3.23 bits per heavy atom. The minimum absolute atomic E-state index is 0.375. The Hall–Kier alpha value is -2.11. The summed E-state index contributed by atoms with van der Waals surface area (Å²) in [5, 5.41) is 9.56. The second kappa shape index (κ2) is 3.10. The van der Waals surface area contributed by atoms with Crippen LogP contribution >= 0.6 is 0 Å². The fourth-order valence-electron chi connectivity index (χ4n) is 0.802. The quantitative estimate of drug-likeness (QED) is 0.660. The van der Waals surface area contributed by atoms with Crippen LogP contribution in [0.15, 0.2) is 39.2 Å². The zero-order valence-electron chi connectivity index (χ0n) is 6.54. The minimum Gasteiger partial charge on any atom is -0.472 e. The minimum atomic E-state index is -0.375. The van der Waals surface area contributed by atoms with Crippen LogP contribution < -0.4 is 5.69 Å². The van der Waals surface area contributed by atoms with Crippen molar-refractivity contribution in [2.75, 3.05) is 0 Å². The number of hydrogen-bond acceptors (Lipinski definition) is 4. The predicted molar refractivity (Wildman–Crippen MR) is 44.5 cm³/mol. The molecule has 0 saturated heterocycles. The van der Waals surface area contributed by atoms with Crippen molar-refractivity contribution in [2.24, 2.45) is 5.10 Å². The first-order valence-corrected chi connectivity index (χ1v) is 3.55. The van der Waals surface area contributed by atoms with Crippen molar-refractivity contribution in [3.8, 4) is 0 Å². The van der Waals surface area contributed by atoms with Crippen LogP contribution in [-0.4, -0.2) is 21.1 Å². The topological polar surface area (TPSA) is 76.2 Å². The molecule has 0 unspecified atom stereocenters. The molecule has 0 aliphatic rings. The van der Waals surface area contributed by atoms with E-state index in [1.54, 1.807) is 6.07 Å². The Morgan fingerprint density at radius 1 is 1.69 bits per heavy atom. The number of hydrogen-bond donors (Lipinski definition) is 1. The van der Waals surface area contributed by atoms with Gasteiger partial charge in [-0.3, -0.25) is 0 Å². The maximum absolute atomic E-state index is 10.9. The van der Waals surface area contributed by atoms with Gasteiger partial charge < -0.3 is 4.42 Å². The van der Waals surface area contributed by atoms with E-state index in [-0.39, 0.29) is 5.69 Å². The molecule has 2 aromatic heterocycles. The van der Waals surface area contributed by atoms with Crippen LogP contribution in [0.25, 0.3) is 0 Å². The Bertz CT molecular complexity index is 451. The first kappa shape index (κ1) is 7.53. The molecule has 0 bridgehead atoms. The molecule has 1 N–H and O–H groups in total. The van der Waals surface area contributed by atoms with Gasteiger partial charge in [0.05, 0.1) is 18.7 Å². The molecule has 0 radical (unpaired) electrons. The lowest BCUT2D eigenvalue weighted by atomic mass is 10.4. The van der Waals surface area contributed by atoms with Gasteiger partial charge in [-0.25, -0.2) is 9.89 Å². The third-order valence-corrected chi connectivity index (χ3v) is 1.41. The molecule has 0 aromatic carbocycles. The molecule has 0 atom stereocenters. The number of aromatic amines is 1. The molecule has 0 saturated carbocycles. The maximum atomic E-state index is 10.9. The van der Waals surface area contributed by atoms with E-state index >= 15 is 0 Å². The number of aromatic nitrogens is 3. The van der Waals surface area contributed by atoms with E-state index in [4.69, 9.17) is 4.42 Å². The number of nitrogens with zero attached hydrogens (tertiary/aromatic N) is 3. The zero-order chi connectivity index (χ0) is 9.10. The van der Waals surface area contributed by atoms with Crippen LogP contribution in [-0.2, 0) is 0 Å². The SMILES string of the molecule is O=c1[nH]ncn1/N=C/c1ccoc1. The van der Waals surface area contributed by atoms with Crippen LogP contribution in [0, 0.1) is 0 Å². The molecule has 6 heteroatoms. The fraction of sp³-hybridized carbons (Fsp3) is 0. The van der Waals surface area contributed by atoms with Crippen LogP contribution in [0.4, 0.5) is 0 Å². The van der Waals surface area contributed by atoms with Gasteiger partial charge >= 0.3 is 5.69 Å². The first-order valence-electron chi connectivity index (χ1n) is 3.55. The van der Waals surface area contributed by atoms with Gasteiger partial charge in [-0.05, 0) is 6.07 Å². The third kappa shape index (κ3) is 1.56. The Morgan fingerprint density at radius 2 is 2.62 bits per heavy atom. The highest BCUT2D eigenvalue weighted by Crippen LogP contribution is 1.94. The van der Waals surface area contributed by atoms with Crippen molar-refractivity contribution in [2.45, 2.75) is 0 Å². The highest BCUT2D eigenvalue weighted by atomic mass is 16.3. The molecule has 2 rings (SSSR count). The Kier molecular flexibility index (Phi) is 1.79. The molecule has 0 amide bonds. The normalized spacial score (nSPS) is 11.1. The van der Waals surface area contributed by atoms with E-state index in [2.05, 4.69) is 15.3 Å². The summed E-state index contributed by atoms with van der Waals surface area (Å²) in [6.07, 6.45) is 5.84. The van der Waals surface area contributed by atoms with Crippen LogP contribution in [0.3, 0.4) is 0 Å². The molecule has 0 fully saturated rings. The number of furan rings is 1. The average molecular weight is 178 g/mol. The summed E-state index contributed by atoms with van der Waals surface area (Å²) < 4.78 is 5.90.